The van der Waals surface area contributed by atoms with Crippen LogP contribution in [0.3, 0.4) is 0 Å². The zero-order chi connectivity index (χ0) is 13.8. The molecule has 5 nitrogen and oxygen atoms in total. The van der Waals surface area contributed by atoms with Crippen LogP contribution in [0.5, 0.6) is 5.75 Å². The minimum atomic E-state index is -0.362. The highest BCUT2D eigenvalue weighted by Crippen LogP contribution is 2.21. The summed E-state index contributed by atoms with van der Waals surface area (Å²) in [5.41, 5.74) is 0.979. The van der Waals surface area contributed by atoms with E-state index in [0.29, 0.717) is 18.1 Å². The number of ether oxygens (including phenoxy) is 1. The van der Waals surface area contributed by atoms with Gasteiger partial charge in [0.2, 0.25) is 5.89 Å². The van der Waals surface area contributed by atoms with E-state index < -0.39 is 0 Å². The summed E-state index contributed by atoms with van der Waals surface area (Å²) in [7, 11) is 1.62. The van der Waals surface area contributed by atoms with E-state index in [-0.39, 0.29) is 11.7 Å². The van der Waals surface area contributed by atoms with E-state index in [9.17, 15) is 4.79 Å². The molecule has 1 atom stereocenters. The molecule has 2 aromatic rings. The van der Waals surface area contributed by atoms with Crippen LogP contribution in [0.15, 0.2) is 28.8 Å². The molecule has 0 amide bonds. The smallest absolute Gasteiger partial charge is 0.236 e. The minimum Gasteiger partial charge on any atom is -0.496 e. The third-order valence-corrected chi connectivity index (χ3v) is 3.01. The molecule has 0 aliphatic carbocycles. The average Bonchev–Trinajstić information content (AvgIpc) is 2.87. The summed E-state index contributed by atoms with van der Waals surface area (Å²) in [6, 6.07) is 7.66. The number of nitrogens with zero attached hydrogens (tertiary/aromatic N) is 2. The summed E-state index contributed by atoms with van der Waals surface area (Å²) in [4.78, 5) is 15.5. The molecule has 5 heteroatoms. The van der Waals surface area contributed by atoms with Crippen LogP contribution in [0.2, 0.25) is 0 Å². The molecule has 1 heterocycles. The Bertz CT molecular complexity index is 578. The summed E-state index contributed by atoms with van der Waals surface area (Å²) >= 11 is 0. The largest absolute Gasteiger partial charge is 0.496 e. The highest BCUT2D eigenvalue weighted by Gasteiger charge is 2.18. The normalized spacial score (nSPS) is 12.2. The van der Waals surface area contributed by atoms with E-state index in [1.54, 1.807) is 14.0 Å². The second kappa shape index (κ2) is 5.65. The Hall–Kier alpha value is -2.17. The third kappa shape index (κ3) is 2.99. The average molecular weight is 260 g/mol. The number of rotatable bonds is 5. The van der Waals surface area contributed by atoms with Gasteiger partial charge in [-0.25, -0.2) is 0 Å². The molecule has 0 spiro atoms. The zero-order valence-corrected chi connectivity index (χ0v) is 11.2. The number of ketones is 1. The molecule has 0 fully saturated rings. The van der Waals surface area contributed by atoms with Crippen molar-refractivity contribution in [3.05, 3.63) is 41.5 Å². The number of para-hydroxylation sites is 1. The van der Waals surface area contributed by atoms with Crippen molar-refractivity contribution in [2.75, 3.05) is 7.11 Å². The van der Waals surface area contributed by atoms with E-state index in [0.717, 1.165) is 11.3 Å². The first-order chi connectivity index (χ1) is 9.11. The lowest BCUT2D eigenvalue weighted by atomic mass is 10.1. The van der Waals surface area contributed by atoms with Gasteiger partial charge in [-0.3, -0.25) is 4.79 Å². The van der Waals surface area contributed by atoms with Gasteiger partial charge in [0.05, 0.1) is 13.0 Å². The van der Waals surface area contributed by atoms with Crippen molar-refractivity contribution in [1.29, 1.82) is 0 Å². The minimum absolute atomic E-state index is 0.00694. The Balaban J connectivity index is 2.18. The third-order valence-electron chi connectivity index (χ3n) is 3.01. The van der Waals surface area contributed by atoms with Gasteiger partial charge < -0.3 is 9.26 Å². The van der Waals surface area contributed by atoms with E-state index in [1.807, 2.05) is 24.3 Å². The molecule has 1 aromatic carbocycles. The van der Waals surface area contributed by atoms with Crippen LogP contribution in [0.25, 0.3) is 0 Å². The highest BCUT2D eigenvalue weighted by molar-refractivity contribution is 5.81. The van der Waals surface area contributed by atoms with Crippen molar-refractivity contribution >= 4 is 5.78 Å². The van der Waals surface area contributed by atoms with Crippen molar-refractivity contribution in [2.24, 2.45) is 0 Å². The molecular formula is C14H16N2O3. The Labute approximate surface area is 111 Å². The molecule has 1 aromatic heterocycles. The highest BCUT2D eigenvalue weighted by atomic mass is 16.5. The Kier molecular flexibility index (Phi) is 3.94. The molecular weight excluding hydrogens is 244 g/mol. The lowest BCUT2D eigenvalue weighted by Gasteiger charge is -2.05. The molecule has 0 aliphatic heterocycles. The standard InChI is InChI=1S/C14H16N2O3/c1-9(10(2)17)14-15-13(16-19-14)8-11-6-4-5-7-12(11)18-3/h4-7,9H,8H2,1-3H3. The molecule has 100 valence electrons. The fourth-order valence-corrected chi connectivity index (χ4v) is 1.71. The van der Waals surface area contributed by atoms with Gasteiger partial charge in [-0.2, -0.15) is 4.98 Å². The van der Waals surface area contributed by atoms with Crippen LogP contribution < -0.4 is 4.74 Å². The van der Waals surface area contributed by atoms with Gasteiger partial charge in [0.25, 0.3) is 0 Å². The maximum atomic E-state index is 11.3. The van der Waals surface area contributed by atoms with Gasteiger partial charge >= 0.3 is 0 Å². The monoisotopic (exact) mass is 260 g/mol. The first-order valence-corrected chi connectivity index (χ1v) is 6.06. The van der Waals surface area contributed by atoms with Crippen LogP contribution >= 0.6 is 0 Å². The molecule has 0 aliphatic rings. The first-order valence-electron chi connectivity index (χ1n) is 6.06. The van der Waals surface area contributed by atoms with E-state index in [4.69, 9.17) is 9.26 Å². The lowest BCUT2D eigenvalue weighted by Crippen LogP contribution is -2.04. The van der Waals surface area contributed by atoms with Crippen molar-refractivity contribution in [1.82, 2.24) is 10.1 Å². The summed E-state index contributed by atoms with van der Waals surface area (Å²) in [6.45, 7) is 3.26. The van der Waals surface area contributed by atoms with Gasteiger partial charge in [-0.05, 0) is 19.9 Å². The molecule has 0 N–H and O–H groups in total. The Morgan fingerprint density at radius 1 is 1.42 bits per heavy atom. The van der Waals surface area contributed by atoms with E-state index in [2.05, 4.69) is 10.1 Å². The van der Waals surface area contributed by atoms with Gasteiger partial charge in [-0.1, -0.05) is 23.4 Å². The quantitative estimate of drug-likeness (QED) is 0.825. The maximum absolute atomic E-state index is 11.3. The van der Waals surface area contributed by atoms with Crippen LogP contribution in [0.1, 0.15) is 37.0 Å². The topological polar surface area (TPSA) is 65.2 Å². The second-order valence-electron chi connectivity index (χ2n) is 4.37. The molecule has 0 radical (unpaired) electrons. The van der Waals surface area contributed by atoms with Gasteiger partial charge in [0, 0.05) is 12.0 Å². The van der Waals surface area contributed by atoms with Gasteiger partial charge in [0.1, 0.15) is 11.5 Å². The van der Waals surface area contributed by atoms with Crippen molar-refractivity contribution < 1.29 is 14.1 Å². The number of methoxy groups -OCH3 is 1. The predicted molar refractivity (Wildman–Crippen MR) is 69.2 cm³/mol. The number of aromatic nitrogens is 2. The SMILES string of the molecule is COc1ccccc1Cc1noc(C(C)C(C)=O)n1. The Morgan fingerprint density at radius 3 is 2.84 bits per heavy atom. The van der Waals surface area contributed by atoms with Crippen molar-refractivity contribution in [3.8, 4) is 5.75 Å². The summed E-state index contributed by atoms with van der Waals surface area (Å²) in [6.07, 6.45) is 0.512. The zero-order valence-electron chi connectivity index (χ0n) is 11.2. The number of carbonyl (C=O) groups excluding carboxylic acids is 1. The second-order valence-corrected chi connectivity index (χ2v) is 4.37. The maximum Gasteiger partial charge on any atom is 0.236 e. The lowest BCUT2D eigenvalue weighted by molar-refractivity contribution is -0.118. The van der Waals surface area contributed by atoms with Gasteiger partial charge in [-0.15, -0.1) is 0 Å². The Morgan fingerprint density at radius 2 is 2.16 bits per heavy atom. The molecule has 0 saturated heterocycles. The van der Waals surface area contributed by atoms with E-state index in [1.165, 1.54) is 6.92 Å². The van der Waals surface area contributed by atoms with Crippen molar-refractivity contribution in [3.63, 3.8) is 0 Å². The predicted octanol–water partition coefficient (Wildman–Crippen LogP) is 2.36. The van der Waals surface area contributed by atoms with Crippen LogP contribution in [-0.2, 0) is 11.2 Å². The van der Waals surface area contributed by atoms with Crippen LogP contribution in [-0.4, -0.2) is 23.0 Å². The number of benzene rings is 1. The van der Waals surface area contributed by atoms with Gasteiger partial charge in [0.15, 0.2) is 5.82 Å². The number of carbonyl (C=O) groups is 1. The fourth-order valence-electron chi connectivity index (χ4n) is 1.71. The van der Waals surface area contributed by atoms with Crippen LogP contribution in [0.4, 0.5) is 0 Å². The number of hydrogen-bond acceptors (Lipinski definition) is 5. The fraction of sp³-hybridized carbons (Fsp3) is 0.357. The molecule has 2 rings (SSSR count). The van der Waals surface area contributed by atoms with Crippen LogP contribution in [0, 0.1) is 0 Å². The molecule has 0 saturated carbocycles. The van der Waals surface area contributed by atoms with Crippen molar-refractivity contribution in [2.45, 2.75) is 26.2 Å². The number of hydrogen-bond donors (Lipinski definition) is 0. The summed E-state index contributed by atoms with van der Waals surface area (Å²) in [5.74, 6) is 1.34. The summed E-state index contributed by atoms with van der Waals surface area (Å²) in [5, 5.41) is 3.90. The first kappa shape index (κ1) is 13.3. The van der Waals surface area contributed by atoms with E-state index >= 15 is 0 Å². The summed E-state index contributed by atoms with van der Waals surface area (Å²) < 4.78 is 10.4. The number of Topliss-reactive ketones (excluding diaryl/α,β-unsaturated/α-hetero) is 1. The molecule has 1 unspecified atom stereocenters. The molecule has 0 bridgehead atoms. The molecule has 19 heavy (non-hydrogen) atoms.